The Morgan fingerprint density at radius 1 is 1.20 bits per heavy atom. The van der Waals surface area contributed by atoms with Gasteiger partial charge in [0.05, 0.1) is 6.54 Å². The van der Waals surface area contributed by atoms with Gasteiger partial charge in [-0.05, 0) is 36.4 Å². The molecule has 4 nitrogen and oxygen atoms in total. The van der Waals surface area contributed by atoms with Gasteiger partial charge in [0.2, 0.25) is 0 Å². The van der Waals surface area contributed by atoms with Gasteiger partial charge in [0, 0.05) is 11.9 Å². The topological polar surface area (TPSA) is 51.5 Å². The fraction of sp³-hybridized carbons (Fsp3) is 0.188. The van der Waals surface area contributed by atoms with Crippen molar-refractivity contribution in [3.8, 4) is 5.75 Å². The van der Waals surface area contributed by atoms with Crippen molar-refractivity contribution < 1.29 is 14.6 Å². The molecular formula is C16H17NO3. The standard InChI is InChI=1S/C16H17NO3/c18-13-15(19)9-8-14-5-4-10-17(14)11-12-20-16-6-2-1-3-7-16/h1-10,18H,11-13H2/b9-8+. The number of hydrogen-bond acceptors (Lipinski definition) is 3. The Kier molecular flexibility index (Phi) is 5.15. The highest BCUT2D eigenvalue weighted by Crippen LogP contribution is 2.09. The Labute approximate surface area is 117 Å². The number of aromatic nitrogens is 1. The van der Waals surface area contributed by atoms with E-state index < -0.39 is 6.61 Å². The molecule has 2 aromatic rings. The third-order valence-electron chi connectivity index (χ3n) is 2.80. The molecule has 104 valence electrons. The van der Waals surface area contributed by atoms with E-state index in [1.807, 2.05) is 53.2 Å². The molecule has 0 aliphatic carbocycles. The monoisotopic (exact) mass is 271 g/mol. The number of aliphatic hydroxyl groups is 1. The second kappa shape index (κ2) is 7.31. The maximum Gasteiger partial charge on any atom is 0.181 e. The van der Waals surface area contributed by atoms with Crippen molar-refractivity contribution in [3.05, 3.63) is 60.4 Å². The van der Waals surface area contributed by atoms with Gasteiger partial charge >= 0.3 is 0 Å². The maximum absolute atomic E-state index is 11.0. The van der Waals surface area contributed by atoms with E-state index in [1.165, 1.54) is 6.08 Å². The van der Waals surface area contributed by atoms with Crippen LogP contribution in [0.15, 0.2) is 54.7 Å². The summed E-state index contributed by atoms with van der Waals surface area (Å²) in [6, 6.07) is 13.4. The van der Waals surface area contributed by atoms with Crippen LogP contribution in [0.1, 0.15) is 5.69 Å². The molecule has 0 spiro atoms. The Bertz CT molecular complexity index is 572. The smallest absolute Gasteiger partial charge is 0.181 e. The maximum atomic E-state index is 11.0. The van der Waals surface area contributed by atoms with Gasteiger partial charge in [-0.1, -0.05) is 18.2 Å². The quantitative estimate of drug-likeness (QED) is 0.785. The second-order valence-corrected chi connectivity index (χ2v) is 4.25. The van der Waals surface area contributed by atoms with Crippen LogP contribution in [-0.2, 0) is 11.3 Å². The minimum absolute atomic E-state index is 0.307. The van der Waals surface area contributed by atoms with Gasteiger partial charge in [0.1, 0.15) is 19.0 Å². The summed E-state index contributed by atoms with van der Waals surface area (Å²) in [7, 11) is 0. The van der Waals surface area contributed by atoms with Crippen LogP contribution in [0.25, 0.3) is 6.08 Å². The van der Waals surface area contributed by atoms with E-state index in [2.05, 4.69) is 0 Å². The van der Waals surface area contributed by atoms with Gasteiger partial charge in [-0.3, -0.25) is 4.79 Å². The zero-order valence-electron chi connectivity index (χ0n) is 11.1. The van der Waals surface area contributed by atoms with Crippen LogP contribution in [-0.4, -0.2) is 28.7 Å². The average molecular weight is 271 g/mol. The van der Waals surface area contributed by atoms with E-state index in [9.17, 15) is 4.79 Å². The predicted molar refractivity (Wildman–Crippen MR) is 77.5 cm³/mol. The average Bonchev–Trinajstić information content (AvgIpc) is 2.93. The minimum Gasteiger partial charge on any atom is -0.492 e. The molecule has 0 aliphatic heterocycles. The van der Waals surface area contributed by atoms with Gasteiger partial charge in [-0.2, -0.15) is 0 Å². The van der Waals surface area contributed by atoms with Crippen molar-refractivity contribution in [1.82, 2.24) is 4.57 Å². The van der Waals surface area contributed by atoms with E-state index in [-0.39, 0.29) is 5.78 Å². The Morgan fingerprint density at radius 3 is 2.75 bits per heavy atom. The number of carbonyl (C=O) groups is 1. The van der Waals surface area contributed by atoms with Crippen molar-refractivity contribution in [2.75, 3.05) is 13.2 Å². The van der Waals surface area contributed by atoms with Gasteiger partial charge in [-0.25, -0.2) is 0 Å². The van der Waals surface area contributed by atoms with Crippen molar-refractivity contribution in [2.45, 2.75) is 6.54 Å². The Hall–Kier alpha value is -2.33. The van der Waals surface area contributed by atoms with E-state index >= 15 is 0 Å². The lowest BCUT2D eigenvalue weighted by Gasteiger charge is -2.08. The molecule has 0 saturated heterocycles. The summed E-state index contributed by atoms with van der Waals surface area (Å²) in [4.78, 5) is 11.0. The summed E-state index contributed by atoms with van der Waals surface area (Å²) in [5.74, 6) is 0.533. The molecule has 0 unspecified atom stereocenters. The summed E-state index contributed by atoms with van der Waals surface area (Å²) in [6.45, 7) is 0.774. The van der Waals surface area contributed by atoms with Gasteiger partial charge < -0.3 is 14.4 Å². The first-order valence-corrected chi connectivity index (χ1v) is 6.44. The van der Waals surface area contributed by atoms with E-state index in [0.717, 1.165) is 11.4 Å². The van der Waals surface area contributed by atoms with E-state index in [4.69, 9.17) is 9.84 Å². The van der Waals surface area contributed by atoms with Gasteiger partial charge in [0.15, 0.2) is 5.78 Å². The summed E-state index contributed by atoms with van der Waals surface area (Å²) >= 11 is 0. The number of benzene rings is 1. The number of carbonyl (C=O) groups excluding carboxylic acids is 1. The number of ketones is 1. The minimum atomic E-state index is -0.464. The molecule has 1 aromatic heterocycles. The molecule has 4 heteroatoms. The number of ether oxygens (including phenoxy) is 1. The fourth-order valence-electron chi connectivity index (χ4n) is 1.79. The van der Waals surface area contributed by atoms with Crippen LogP contribution in [0.5, 0.6) is 5.75 Å². The van der Waals surface area contributed by atoms with Gasteiger partial charge in [0.25, 0.3) is 0 Å². The van der Waals surface area contributed by atoms with Crippen molar-refractivity contribution in [3.63, 3.8) is 0 Å². The second-order valence-electron chi connectivity index (χ2n) is 4.25. The van der Waals surface area contributed by atoms with E-state index in [0.29, 0.717) is 13.2 Å². The van der Waals surface area contributed by atoms with Crippen LogP contribution in [0.3, 0.4) is 0 Å². The SMILES string of the molecule is O=C(/C=C/c1cccn1CCOc1ccccc1)CO. The van der Waals surface area contributed by atoms with Crippen molar-refractivity contribution >= 4 is 11.9 Å². The molecule has 1 aromatic carbocycles. The summed E-state index contributed by atoms with van der Waals surface area (Å²) < 4.78 is 7.62. The largest absolute Gasteiger partial charge is 0.492 e. The molecule has 0 atom stereocenters. The summed E-state index contributed by atoms with van der Waals surface area (Å²) in [5.41, 5.74) is 0.906. The van der Waals surface area contributed by atoms with Crippen molar-refractivity contribution in [2.24, 2.45) is 0 Å². The number of para-hydroxylation sites is 1. The van der Waals surface area contributed by atoms with Crippen LogP contribution >= 0.6 is 0 Å². The number of aliphatic hydroxyl groups excluding tert-OH is 1. The highest BCUT2D eigenvalue weighted by atomic mass is 16.5. The first-order chi connectivity index (χ1) is 9.79. The lowest BCUT2D eigenvalue weighted by Crippen LogP contribution is -2.08. The fourth-order valence-corrected chi connectivity index (χ4v) is 1.79. The molecule has 0 radical (unpaired) electrons. The van der Waals surface area contributed by atoms with Gasteiger partial charge in [-0.15, -0.1) is 0 Å². The summed E-state index contributed by atoms with van der Waals surface area (Å²) in [5, 5.41) is 8.67. The third kappa shape index (κ3) is 4.10. The lowest BCUT2D eigenvalue weighted by molar-refractivity contribution is -0.117. The molecular weight excluding hydrogens is 254 g/mol. The number of hydrogen-bond donors (Lipinski definition) is 1. The van der Waals surface area contributed by atoms with Crippen molar-refractivity contribution in [1.29, 1.82) is 0 Å². The normalized spacial score (nSPS) is 10.8. The zero-order chi connectivity index (χ0) is 14.2. The molecule has 0 bridgehead atoms. The highest BCUT2D eigenvalue weighted by Gasteiger charge is 1.99. The van der Waals surface area contributed by atoms with Crippen LogP contribution in [0.2, 0.25) is 0 Å². The molecule has 0 amide bonds. The molecule has 0 saturated carbocycles. The number of rotatable bonds is 7. The zero-order valence-corrected chi connectivity index (χ0v) is 11.1. The third-order valence-corrected chi connectivity index (χ3v) is 2.80. The molecule has 20 heavy (non-hydrogen) atoms. The first-order valence-electron chi connectivity index (χ1n) is 6.44. The van der Waals surface area contributed by atoms with Crippen LogP contribution in [0.4, 0.5) is 0 Å². The highest BCUT2D eigenvalue weighted by molar-refractivity contribution is 5.94. The van der Waals surface area contributed by atoms with Crippen LogP contribution in [0, 0.1) is 0 Å². The molecule has 0 aliphatic rings. The first kappa shape index (κ1) is 14.1. The lowest BCUT2D eigenvalue weighted by atomic mass is 10.3. The molecule has 0 fully saturated rings. The predicted octanol–water partition coefficient (Wildman–Crippen LogP) is 2.14. The van der Waals surface area contributed by atoms with Crippen LogP contribution < -0.4 is 4.74 Å². The molecule has 2 rings (SSSR count). The Balaban J connectivity index is 1.89. The summed E-state index contributed by atoms with van der Waals surface area (Å²) in [6.07, 6.45) is 5.00. The Morgan fingerprint density at radius 2 is 2.00 bits per heavy atom. The number of nitrogens with zero attached hydrogens (tertiary/aromatic N) is 1. The van der Waals surface area contributed by atoms with E-state index in [1.54, 1.807) is 6.08 Å². The molecule has 1 N–H and O–H groups in total. The molecule has 1 heterocycles.